The maximum atomic E-state index is 9.93. The van der Waals surface area contributed by atoms with Gasteiger partial charge in [0.25, 0.3) is 0 Å². The number of para-hydroxylation sites is 1. The molecule has 1 N–H and O–H groups in total. The van der Waals surface area contributed by atoms with Crippen LogP contribution >= 0.6 is 17.0 Å². The first-order valence-corrected chi connectivity index (χ1v) is 13.2. The van der Waals surface area contributed by atoms with E-state index in [9.17, 15) is 5.11 Å². The van der Waals surface area contributed by atoms with Gasteiger partial charge in [0.05, 0.1) is 6.04 Å². The molecule has 108 valence electrons. The Hall–Kier alpha value is 0.153. The summed E-state index contributed by atoms with van der Waals surface area (Å²) in [5.41, 5.74) is 2.32. The molecule has 0 aromatic heterocycles. The summed E-state index contributed by atoms with van der Waals surface area (Å²) < 4.78 is 0. The van der Waals surface area contributed by atoms with Crippen molar-refractivity contribution in [2.75, 3.05) is 0 Å². The van der Waals surface area contributed by atoms with Crippen molar-refractivity contribution < 1.29 is 26.0 Å². The SMILES string of the molecule is Cc1cccc(C=NC2CCCC23CC3)c1O.[Cl][Zr][Cl]. The molecule has 0 amide bonds. The fourth-order valence-electron chi connectivity index (χ4n) is 3.05. The van der Waals surface area contributed by atoms with E-state index in [1.54, 1.807) is 0 Å². The van der Waals surface area contributed by atoms with Crippen LogP contribution in [0, 0.1) is 12.3 Å². The molecular weight excluding hydrogens is 372 g/mol. The summed E-state index contributed by atoms with van der Waals surface area (Å²) >= 11 is -0.826. The molecule has 1 aromatic carbocycles. The van der Waals surface area contributed by atoms with Crippen LogP contribution in [0.2, 0.25) is 0 Å². The number of benzene rings is 1. The standard InChI is InChI=1S/C15H19NO.2ClH.Zr/c1-11-4-2-5-12(14(11)17)10-16-13-6-3-7-15(13)8-9-15;;;/h2,4-5,10,13,17H,3,6-9H2,1H3;2*1H;/q;;;+2/p-2. The molecule has 1 aromatic rings. The minimum absolute atomic E-state index is 0.374. The van der Waals surface area contributed by atoms with E-state index in [1.807, 2.05) is 31.3 Å². The van der Waals surface area contributed by atoms with Gasteiger partial charge < -0.3 is 5.11 Å². The van der Waals surface area contributed by atoms with Crippen LogP contribution in [0.15, 0.2) is 23.2 Å². The molecule has 2 aliphatic rings. The number of hydrogen-bond acceptors (Lipinski definition) is 2. The van der Waals surface area contributed by atoms with Crippen LogP contribution in [0.1, 0.15) is 43.2 Å². The first-order valence-electron chi connectivity index (χ1n) is 6.91. The molecule has 0 saturated heterocycles. The summed E-state index contributed by atoms with van der Waals surface area (Å²) in [6.07, 6.45) is 8.49. The number of phenolic OH excluding ortho intramolecular Hbond substituents is 1. The van der Waals surface area contributed by atoms with Crippen molar-refractivity contribution in [1.82, 2.24) is 0 Å². The Labute approximate surface area is 139 Å². The molecular formula is C15H19Cl2NOZr. The van der Waals surface area contributed by atoms with Gasteiger partial charge in [-0.2, -0.15) is 0 Å². The van der Waals surface area contributed by atoms with E-state index in [1.165, 1.54) is 32.1 Å². The van der Waals surface area contributed by atoms with Gasteiger partial charge in [0.2, 0.25) is 0 Å². The number of halogens is 2. The number of hydrogen-bond donors (Lipinski definition) is 1. The fraction of sp³-hybridized carbons (Fsp3) is 0.533. The fourth-order valence-corrected chi connectivity index (χ4v) is 3.05. The van der Waals surface area contributed by atoms with E-state index < -0.39 is 20.8 Å². The maximum absolute atomic E-state index is 9.93. The normalized spacial score (nSPS) is 22.6. The van der Waals surface area contributed by atoms with E-state index in [2.05, 4.69) is 0 Å². The zero-order chi connectivity index (χ0) is 14.6. The van der Waals surface area contributed by atoms with Gasteiger partial charge in [-0.15, -0.1) is 0 Å². The summed E-state index contributed by atoms with van der Waals surface area (Å²) in [7, 11) is 9.87. The van der Waals surface area contributed by atoms with E-state index in [0.29, 0.717) is 17.2 Å². The zero-order valence-corrected chi connectivity index (χ0v) is 15.5. The third-order valence-corrected chi connectivity index (χ3v) is 4.41. The zero-order valence-electron chi connectivity index (χ0n) is 11.6. The molecule has 0 aliphatic heterocycles. The average Bonchev–Trinajstić information content (AvgIpc) is 3.08. The number of aliphatic imine (C=N–C) groups is 1. The van der Waals surface area contributed by atoms with Crippen molar-refractivity contribution in [1.29, 1.82) is 0 Å². The van der Waals surface area contributed by atoms with Gasteiger partial charge in [-0.05, 0) is 49.7 Å². The minimum atomic E-state index is -0.826. The van der Waals surface area contributed by atoms with Gasteiger partial charge in [0, 0.05) is 11.8 Å². The number of nitrogens with zero attached hydrogens (tertiary/aromatic N) is 1. The third-order valence-electron chi connectivity index (χ3n) is 4.41. The quantitative estimate of drug-likeness (QED) is 0.720. The molecule has 0 radical (unpaired) electrons. The molecule has 20 heavy (non-hydrogen) atoms. The summed E-state index contributed by atoms with van der Waals surface area (Å²) in [5, 5.41) is 9.93. The van der Waals surface area contributed by atoms with Crippen LogP contribution in [0.4, 0.5) is 0 Å². The van der Waals surface area contributed by atoms with Crippen molar-refractivity contribution in [3.63, 3.8) is 0 Å². The van der Waals surface area contributed by atoms with Crippen LogP contribution in [-0.4, -0.2) is 17.4 Å². The van der Waals surface area contributed by atoms with E-state index >= 15 is 0 Å². The van der Waals surface area contributed by atoms with Crippen LogP contribution in [0.25, 0.3) is 0 Å². The molecule has 2 fully saturated rings. The van der Waals surface area contributed by atoms with Crippen LogP contribution in [0.3, 0.4) is 0 Å². The Morgan fingerprint density at radius 2 is 2.05 bits per heavy atom. The van der Waals surface area contributed by atoms with Gasteiger partial charge in [-0.25, -0.2) is 0 Å². The Balaban J connectivity index is 0.000000452. The van der Waals surface area contributed by atoms with Crippen LogP contribution in [0.5, 0.6) is 5.75 Å². The Kier molecular flexibility index (Phi) is 6.13. The predicted molar refractivity (Wildman–Crippen MR) is 81.4 cm³/mol. The average molecular weight is 391 g/mol. The molecule has 1 atom stereocenters. The van der Waals surface area contributed by atoms with Gasteiger partial charge in [-0.1, -0.05) is 18.6 Å². The third kappa shape index (κ3) is 3.87. The topological polar surface area (TPSA) is 32.6 Å². The Morgan fingerprint density at radius 1 is 1.35 bits per heavy atom. The van der Waals surface area contributed by atoms with Crippen LogP contribution in [-0.2, 0) is 20.8 Å². The van der Waals surface area contributed by atoms with Crippen molar-refractivity contribution in [2.45, 2.75) is 45.1 Å². The monoisotopic (exact) mass is 389 g/mol. The van der Waals surface area contributed by atoms with Crippen molar-refractivity contribution >= 4 is 23.2 Å². The second-order valence-corrected chi connectivity index (χ2v) is 9.36. The second-order valence-electron chi connectivity index (χ2n) is 5.63. The molecule has 2 saturated carbocycles. The van der Waals surface area contributed by atoms with Crippen molar-refractivity contribution in [3.8, 4) is 5.75 Å². The van der Waals surface area contributed by atoms with Crippen molar-refractivity contribution in [2.24, 2.45) is 10.4 Å². The summed E-state index contributed by atoms with van der Waals surface area (Å²) in [5.74, 6) is 0.374. The summed E-state index contributed by atoms with van der Waals surface area (Å²) in [6, 6.07) is 6.32. The molecule has 1 unspecified atom stereocenters. The molecule has 2 nitrogen and oxygen atoms in total. The van der Waals surface area contributed by atoms with E-state index in [-0.39, 0.29) is 0 Å². The predicted octanol–water partition coefficient (Wildman–Crippen LogP) is 4.83. The van der Waals surface area contributed by atoms with E-state index in [0.717, 1.165) is 11.1 Å². The van der Waals surface area contributed by atoms with Crippen molar-refractivity contribution in [3.05, 3.63) is 29.3 Å². The first kappa shape index (κ1) is 16.5. The summed E-state index contributed by atoms with van der Waals surface area (Å²) in [6.45, 7) is 1.92. The van der Waals surface area contributed by atoms with Gasteiger partial charge in [0.1, 0.15) is 5.75 Å². The molecule has 3 rings (SSSR count). The Bertz CT molecular complexity index is 489. The van der Waals surface area contributed by atoms with Gasteiger partial charge in [0.15, 0.2) is 0 Å². The first-order chi connectivity index (χ1) is 9.63. The summed E-state index contributed by atoms with van der Waals surface area (Å²) in [4.78, 5) is 4.73. The molecule has 1 spiro atoms. The number of rotatable bonds is 2. The van der Waals surface area contributed by atoms with Crippen LogP contribution < -0.4 is 0 Å². The molecule has 5 heteroatoms. The number of aromatic hydroxyl groups is 1. The van der Waals surface area contributed by atoms with E-state index in [4.69, 9.17) is 22.0 Å². The van der Waals surface area contributed by atoms with Gasteiger partial charge in [-0.3, -0.25) is 4.99 Å². The number of phenols is 1. The molecule has 0 bridgehead atoms. The second kappa shape index (κ2) is 7.43. The molecule has 2 aliphatic carbocycles. The molecule has 0 heterocycles. The Morgan fingerprint density at radius 3 is 2.70 bits per heavy atom. The number of aryl methyl sites for hydroxylation is 1. The van der Waals surface area contributed by atoms with Gasteiger partial charge >= 0.3 is 37.9 Å².